The maximum absolute atomic E-state index is 12.5. The Balaban J connectivity index is 2.06. The SMILES string of the molecule is CC(C)COc1ccccc1C(=O)NC(=S)Nc1ccc([N+](=O)[O-])cc1O. The van der Waals surface area contributed by atoms with Crippen LogP contribution in [0, 0.1) is 16.0 Å². The molecule has 0 unspecified atom stereocenters. The van der Waals surface area contributed by atoms with Crippen molar-refractivity contribution in [2.75, 3.05) is 11.9 Å². The third kappa shape index (κ3) is 5.65. The number of aromatic hydroxyl groups is 1. The Bertz CT molecular complexity index is 870. The molecule has 0 fully saturated rings. The van der Waals surface area contributed by atoms with Gasteiger partial charge in [-0.05, 0) is 36.3 Å². The van der Waals surface area contributed by atoms with E-state index in [2.05, 4.69) is 10.6 Å². The number of nitrogens with zero attached hydrogens (tertiary/aromatic N) is 1. The van der Waals surface area contributed by atoms with Crippen molar-refractivity contribution in [1.82, 2.24) is 5.32 Å². The normalized spacial score (nSPS) is 10.3. The molecule has 0 bridgehead atoms. The van der Waals surface area contributed by atoms with Crippen molar-refractivity contribution in [1.29, 1.82) is 0 Å². The van der Waals surface area contributed by atoms with Gasteiger partial charge in [-0.2, -0.15) is 0 Å². The number of phenols is 1. The molecule has 27 heavy (non-hydrogen) atoms. The lowest BCUT2D eigenvalue weighted by atomic mass is 10.2. The quantitative estimate of drug-likeness (QED) is 0.300. The molecular formula is C18H19N3O5S. The summed E-state index contributed by atoms with van der Waals surface area (Å²) in [7, 11) is 0. The third-order valence-corrected chi connectivity index (χ3v) is 3.58. The fourth-order valence-electron chi connectivity index (χ4n) is 2.10. The maximum Gasteiger partial charge on any atom is 0.273 e. The molecule has 0 aliphatic rings. The van der Waals surface area contributed by atoms with Gasteiger partial charge < -0.3 is 15.2 Å². The summed E-state index contributed by atoms with van der Waals surface area (Å²) in [6.07, 6.45) is 0. The molecule has 2 aromatic rings. The number of thiocarbonyl (C=S) groups is 1. The predicted octanol–water partition coefficient (Wildman–Crippen LogP) is 3.46. The molecule has 0 aliphatic carbocycles. The number of nitro benzene ring substituents is 1. The minimum atomic E-state index is -0.627. The van der Waals surface area contributed by atoms with Crippen LogP contribution in [-0.2, 0) is 0 Å². The van der Waals surface area contributed by atoms with Gasteiger partial charge in [-0.3, -0.25) is 20.2 Å². The minimum absolute atomic E-state index is 0.0668. The molecule has 0 aliphatic heterocycles. The van der Waals surface area contributed by atoms with E-state index in [1.165, 1.54) is 12.1 Å². The van der Waals surface area contributed by atoms with E-state index in [0.717, 1.165) is 6.07 Å². The summed E-state index contributed by atoms with van der Waals surface area (Å²) in [5.41, 5.74) is 0.190. The molecule has 0 spiro atoms. The molecule has 0 atom stereocenters. The molecule has 3 N–H and O–H groups in total. The molecule has 142 valence electrons. The molecule has 1 amide bonds. The molecule has 2 rings (SSSR count). The molecule has 9 heteroatoms. The highest BCUT2D eigenvalue weighted by molar-refractivity contribution is 7.80. The summed E-state index contributed by atoms with van der Waals surface area (Å²) < 4.78 is 5.65. The summed E-state index contributed by atoms with van der Waals surface area (Å²) >= 11 is 5.08. The molecule has 0 heterocycles. The Hall–Kier alpha value is -3.20. The monoisotopic (exact) mass is 389 g/mol. The van der Waals surface area contributed by atoms with E-state index in [9.17, 15) is 20.0 Å². The second-order valence-electron chi connectivity index (χ2n) is 6.07. The highest BCUT2D eigenvalue weighted by Crippen LogP contribution is 2.27. The Morgan fingerprint density at radius 2 is 2.00 bits per heavy atom. The second-order valence-corrected chi connectivity index (χ2v) is 6.48. The lowest BCUT2D eigenvalue weighted by molar-refractivity contribution is -0.384. The molecule has 0 aromatic heterocycles. The highest BCUT2D eigenvalue weighted by atomic mass is 32.1. The minimum Gasteiger partial charge on any atom is -0.506 e. The number of phenolic OH excluding ortho intramolecular Hbond substituents is 1. The van der Waals surface area contributed by atoms with E-state index in [4.69, 9.17) is 17.0 Å². The van der Waals surface area contributed by atoms with Crippen LogP contribution in [0.5, 0.6) is 11.5 Å². The number of ether oxygens (including phenoxy) is 1. The van der Waals surface area contributed by atoms with E-state index in [1.54, 1.807) is 24.3 Å². The fourth-order valence-corrected chi connectivity index (χ4v) is 2.30. The number of anilines is 1. The number of carbonyl (C=O) groups excluding carboxylic acids is 1. The first-order valence-electron chi connectivity index (χ1n) is 8.09. The average molecular weight is 389 g/mol. The first kappa shape index (κ1) is 20.1. The smallest absolute Gasteiger partial charge is 0.273 e. The zero-order valence-corrected chi connectivity index (χ0v) is 15.6. The lowest BCUT2D eigenvalue weighted by Crippen LogP contribution is -2.34. The van der Waals surface area contributed by atoms with Gasteiger partial charge in [-0.1, -0.05) is 26.0 Å². The van der Waals surface area contributed by atoms with Crippen LogP contribution in [0.2, 0.25) is 0 Å². The number of non-ortho nitro benzene ring substituents is 1. The number of benzene rings is 2. The predicted molar refractivity (Wildman–Crippen MR) is 105 cm³/mol. The van der Waals surface area contributed by atoms with Gasteiger partial charge in [0.2, 0.25) is 0 Å². The van der Waals surface area contributed by atoms with Crippen LogP contribution in [0.25, 0.3) is 0 Å². The van der Waals surface area contributed by atoms with Crippen LogP contribution >= 0.6 is 12.2 Å². The van der Waals surface area contributed by atoms with Crippen molar-refractivity contribution >= 4 is 34.6 Å². The largest absolute Gasteiger partial charge is 0.506 e. The lowest BCUT2D eigenvalue weighted by Gasteiger charge is -2.14. The summed E-state index contributed by atoms with van der Waals surface area (Å²) in [5, 5.41) is 25.6. The van der Waals surface area contributed by atoms with Crippen molar-refractivity contribution in [3.63, 3.8) is 0 Å². The first-order chi connectivity index (χ1) is 12.8. The number of hydrogen-bond donors (Lipinski definition) is 3. The van der Waals surface area contributed by atoms with Gasteiger partial charge in [0.1, 0.15) is 11.5 Å². The van der Waals surface area contributed by atoms with Crippen molar-refractivity contribution in [2.24, 2.45) is 5.92 Å². The number of para-hydroxylation sites is 1. The average Bonchev–Trinajstić information content (AvgIpc) is 2.61. The fraction of sp³-hybridized carbons (Fsp3) is 0.222. The van der Waals surface area contributed by atoms with E-state index < -0.39 is 10.8 Å². The van der Waals surface area contributed by atoms with Gasteiger partial charge in [0.15, 0.2) is 5.11 Å². The van der Waals surface area contributed by atoms with Crippen LogP contribution < -0.4 is 15.4 Å². The number of amides is 1. The maximum atomic E-state index is 12.5. The van der Waals surface area contributed by atoms with Gasteiger partial charge in [0, 0.05) is 6.07 Å². The number of hydrogen-bond acceptors (Lipinski definition) is 6. The zero-order valence-electron chi connectivity index (χ0n) is 14.8. The van der Waals surface area contributed by atoms with E-state index >= 15 is 0 Å². The van der Waals surface area contributed by atoms with Gasteiger partial charge in [-0.25, -0.2) is 0 Å². The topological polar surface area (TPSA) is 114 Å². The van der Waals surface area contributed by atoms with Gasteiger partial charge >= 0.3 is 0 Å². The van der Waals surface area contributed by atoms with Gasteiger partial charge in [0.05, 0.1) is 28.8 Å². The first-order valence-corrected chi connectivity index (χ1v) is 8.50. The van der Waals surface area contributed by atoms with Crippen molar-refractivity contribution < 1.29 is 19.6 Å². The third-order valence-electron chi connectivity index (χ3n) is 3.37. The molecule has 0 saturated heterocycles. The highest BCUT2D eigenvalue weighted by Gasteiger charge is 2.15. The van der Waals surface area contributed by atoms with Crippen LogP contribution in [0.3, 0.4) is 0 Å². The second kappa shape index (κ2) is 8.95. The van der Waals surface area contributed by atoms with Gasteiger partial charge in [0.25, 0.3) is 11.6 Å². The van der Waals surface area contributed by atoms with E-state index in [-0.39, 0.29) is 22.2 Å². The zero-order chi connectivity index (χ0) is 20.0. The summed E-state index contributed by atoms with van der Waals surface area (Å²) in [6, 6.07) is 10.3. The van der Waals surface area contributed by atoms with Crippen LogP contribution in [0.1, 0.15) is 24.2 Å². The van der Waals surface area contributed by atoms with Crippen LogP contribution in [-0.4, -0.2) is 27.7 Å². The molecule has 0 saturated carbocycles. The Morgan fingerprint density at radius 3 is 2.63 bits per heavy atom. The summed E-state index contributed by atoms with van der Waals surface area (Å²) in [4.78, 5) is 22.5. The standard InChI is InChI=1S/C18H19N3O5S/c1-11(2)10-26-16-6-4-3-5-13(16)17(23)20-18(27)19-14-8-7-12(21(24)25)9-15(14)22/h3-9,11,22H,10H2,1-2H3,(H2,19,20,23,27). The van der Waals surface area contributed by atoms with Crippen molar-refractivity contribution in [3.05, 3.63) is 58.1 Å². The Labute approximate surface area is 161 Å². The number of nitro groups is 1. The van der Waals surface area contributed by atoms with E-state index in [1.807, 2.05) is 13.8 Å². The number of rotatable bonds is 6. The molecular weight excluding hydrogens is 370 g/mol. The Morgan fingerprint density at radius 1 is 1.30 bits per heavy atom. The number of carbonyl (C=O) groups is 1. The molecule has 0 radical (unpaired) electrons. The van der Waals surface area contributed by atoms with Crippen LogP contribution in [0.4, 0.5) is 11.4 Å². The van der Waals surface area contributed by atoms with Gasteiger partial charge in [-0.15, -0.1) is 0 Å². The van der Waals surface area contributed by atoms with Crippen LogP contribution in [0.15, 0.2) is 42.5 Å². The van der Waals surface area contributed by atoms with Crippen molar-refractivity contribution in [2.45, 2.75) is 13.8 Å². The molecule has 2 aromatic carbocycles. The Kier molecular flexibility index (Phi) is 6.67. The van der Waals surface area contributed by atoms with E-state index in [0.29, 0.717) is 23.8 Å². The molecule has 8 nitrogen and oxygen atoms in total. The number of nitrogens with one attached hydrogen (secondary N) is 2. The summed E-state index contributed by atoms with van der Waals surface area (Å²) in [6.45, 7) is 4.46. The van der Waals surface area contributed by atoms with Crippen molar-refractivity contribution in [3.8, 4) is 11.5 Å². The summed E-state index contributed by atoms with van der Waals surface area (Å²) in [5.74, 6) is -0.103.